The second-order valence-electron chi connectivity index (χ2n) is 5.97. The summed E-state index contributed by atoms with van der Waals surface area (Å²) < 4.78 is 10.7. The fraction of sp³-hybridized carbons (Fsp3) is 0.182. The van der Waals surface area contributed by atoms with Gasteiger partial charge in [0.15, 0.2) is 18.1 Å². The first-order chi connectivity index (χ1) is 13.7. The predicted molar refractivity (Wildman–Crippen MR) is 110 cm³/mol. The highest BCUT2D eigenvalue weighted by molar-refractivity contribution is 5.91. The number of ether oxygens (including phenoxy) is 2. The molecule has 0 spiro atoms. The van der Waals surface area contributed by atoms with Gasteiger partial charge in [-0.1, -0.05) is 30.3 Å². The van der Waals surface area contributed by atoms with Crippen molar-refractivity contribution in [1.82, 2.24) is 4.98 Å². The Bertz CT molecular complexity index is 898. The number of carbonyl (C=O) groups excluding carboxylic acids is 1. The smallest absolute Gasteiger partial charge is 0.263 e. The summed E-state index contributed by atoms with van der Waals surface area (Å²) >= 11 is 0. The number of benzene rings is 2. The lowest BCUT2D eigenvalue weighted by atomic mass is 10.2. The topological polar surface area (TPSA) is 63.7 Å². The molecule has 0 bridgehead atoms. The van der Waals surface area contributed by atoms with E-state index >= 15 is 0 Å². The molecular formula is C22H23N3O3. The number of rotatable bonds is 8. The third-order valence-electron chi connectivity index (χ3n) is 4.14. The maximum atomic E-state index is 12.2. The second-order valence-corrected chi connectivity index (χ2v) is 5.97. The molecule has 0 unspecified atom stereocenters. The lowest BCUT2D eigenvalue weighted by Gasteiger charge is -2.23. The zero-order chi connectivity index (χ0) is 19.8. The van der Waals surface area contributed by atoms with Crippen LogP contribution in [-0.4, -0.2) is 31.2 Å². The van der Waals surface area contributed by atoms with E-state index in [2.05, 4.69) is 22.1 Å². The van der Waals surface area contributed by atoms with Crippen LogP contribution in [0.2, 0.25) is 0 Å². The number of anilines is 3. The molecule has 0 aliphatic heterocycles. The second kappa shape index (κ2) is 9.41. The van der Waals surface area contributed by atoms with E-state index < -0.39 is 0 Å². The molecule has 3 aromatic rings. The molecule has 0 aliphatic rings. The molecule has 0 fully saturated rings. The molecule has 1 aromatic heterocycles. The van der Waals surface area contributed by atoms with Crippen LogP contribution >= 0.6 is 0 Å². The van der Waals surface area contributed by atoms with Crippen molar-refractivity contribution in [2.75, 3.05) is 30.5 Å². The number of amides is 1. The van der Waals surface area contributed by atoms with Crippen molar-refractivity contribution >= 4 is 23.1 Å². The van der Waals surface area contributed by atoms with Gasteiger partial charge >= 0.3 is 0 Å². The summed E-state index contributed by atoms with van der Waals surface area (Å²) in [6, 6.07) is 21.0. The lowest BCUT2D eigenvalue weighted by molar-refractivity contribution is -0.118. The average Bonchev–Trinajstić information content (AvgIpc) is 2.75. The van der Waals surface area contributed by atoms with Crippen molar-refractivity contribution < 1.29 is 14.3 Å². The third kappa shape index (κ3) is 4.79. The van der Waals surface area contributed by atoms with Gasteiger partial charge in [0.05, 0.1) is 19.0 Å². The number of methoxy groups -OCH3 is 1. The molecule has 1 N–H and O–H groups in total. The summed E-state index contributed by atoms with van der Waals surface area (Å²) in [4.78, 5) is 18.6. The summed E-state index contributed by atoms with van der Waals surface area (Å²) in [5.74, 6) is 1.28. The summed E-state index contributed by atoms with van der Waals surface area (Å²) in [5, 5.41) is 2.74. The Hall–Kier alpha value is -3.54. The Morgan fingerprint density at radius 1 is 0.964 bits per heavy atom. The first kappa shape index (κ1) is 19.2. The largest absolute Gasteiger partial charge is 0.493 e. The molecule has 6 nitrogen and oxygen atoms in total. The molecule has 144 valence electrons. The van der Waals surface area contributed by atoms with E-state index in [0.29, 0.717) is 17.3 Å². The van der Waals surface area contributed by atoms with Gasteiger partial charge in [-0.05, 0) is 43.3 Å². The van der Waals surface area contributed by atoms with Gasteiger partial charge in [0.1, 0.15) is 5.82 Å². The lowest BCUT2D eigenvalue weighted by Crippen LogP contribution is -2.21. The van der Waals surface area contributed by atoms with Crippen molar-refractivity contribution in [3.8, 4) is 11.5 Å². The van der Waals surface area contributed by atoms with Crippen LogP contribution in [0.4, 0.5) is 17.2 Å². The van der Waals surface area contributed by atoms with Gasteiger partial charge in [0.2, 0.25) is 0 Å². The number of carbonyl (C=O) groups is 1. The van der Waals surface area contributed by atoms with E-state index in [0.717, 1.165) is 17.9 Å². The SMILES string of the molecule is CCN(c1ccccc1)c1ccc(NC(=O)COc2ccccc2OC)nc1. The van der Waals surface area contributed by atoms with Crippen molar-refractivity contribution in [2.45, 2.75) is 6.92 Å². The summed E-state index contributed by atoms with van der Waals surface area (Å²) in [7, 11) is 1.56. The zero-order valence-electron chi connectivity index (χ0n) is 16.0. The summed E-state index contributed by atoms with van der Waals surface area (Å²) in [5.41, 5.74) is 2.05. The minimum Gasteiger partial charge on any atom is -0.493 e. The zero-order valence-corrected chi connectivity index (χ0v) is 16.0. The van der Waals surface area contributed by atoms with E-state index in [1.54, 1.807) is 31.5 Å². The Balaban J connectivity index is 1.60. The average molecular weight is 377 g/mol. The molecule has 2 aromatic carbocycles. The molecule has 0 aliphatic carbocycles. The Morgan fingerprint density at radius 3 is 2.32 bits per heavy atom. The summed E-state index contributed by atoms with van der Waals surface area (Å²) in [6.45, 7) is 2.76. The van der Waals surface area contributed by atoms with Gasteiger partial charge < -0.3 is 19.7 Å². The minimum absolute atomic E-state index is 0.130. The van der Waals surface area contributed by atoms with Crippen LogP contribution in [0.1, 0.15) is 6.92 Å². The van der Waals surface area contributed by atoms with Crippen molar-refractivity contribution in [1.29, 1.82) is 0 Å². The van der Waals surface area contributed by atoms with Crippen LogP contribution < -0.4 is 19.7 Å². The van der Waals surface area contributed by atoms with Gasteiger partial charge in [-0.15, -0.1) is 0 Å². The number of hydrogen-bond acceptors (Lipinski definition) is 5. The van der Waals surface area contributed by atoms with Crippen LogP contribution in [0.3, 0.4) is 0 Å². The molecule has 1 amide bonds. The standard InChI is InChI=1S/C22H23N3O3/c1-3-25(17-9-5-4-6-10-17)18-13-14-21(23-15-18)24-22(26)16-28-20-12-8-7-11-19(20)27-2/h4-15H,3,16H2,1-2H3,(H,23,24,26). The van der Waals surface area contributed by atoms with E-state index in [4.69, 9.17) is 9.47 Å². The Kier molecular flexibility index (Phi) is 6.46. The molecule has 6 heteroatoms. The predicted octanol–water partition coefficient (Wildman–Crippen LogP) is 4.27. The highest BCUT2D eigenvalue weighted by atomic mass is 16.5. The van der Waals surface area contributed by atoms with Gasteiger partial charge in [0.25, 0.3) is 5.91 Å². The molecule has 3 rings (SSSR count). The van der Waals surface area contributed by atoms with E-state index in [1.165, 1.54) is 0 Å². The van der Waals surface area contributed by atoms with Crippen LogP contribution in [0.25, 0.3) is 0 Å². The van der Waals surface area contributed by atoms with Gasteiger partial charge in [-0.3, -0.25) is 4.79 Å². The van der Waals surface area contributed by atoms with Crippen molar-refractivity contribution in [2.24, 2.45) is 0 Å². The third-order valence-corrected chi connectivity index (χ3v) is 4.14. The van der Waals surface area contributed by atoms with E-state index in [1.807, 2.05) is 48.5 Å². The number of pyridine rings is 1. The molecule has 0 atom stereocenters. The fourth-order valence-electron chi connectivity index (χ4n) is 2.80. The maximum Gasteiger partial charge on any atom is 0.263 e. The molecule has 1 heterocycles. The van der Waals surface area contributed by atoms with E-state index in [9.17, 15) is 4.79 Å². The van der Waals surface area contributed by atoms with Crippen molar-refractivity contribution in [3.05, 3.63) is 72.9 Å². The van der Waals surface area contributed by atoms with E-state index in [-0.39, 0.29) is 12.5 Å². The number of nitrogens with zero attached hydrogens (tertiary/aromatic N) is 2. The van der Waals surface area contributed by atoms with Crippen molar-refractivity contribution in [3.63, 3.8) is 0 Å². The number of aromatic nitrogens is 1. The molecular weight excluding hydrogens is 354 g/mol. The maximum absolute atomic E-state index is 12.2. The van der Waals surface area contributed by atoms with Gasteiger partial charge in [-0.2, -0.15) is 0 Å². The highest BCUT2D eigenvalue weighted by Crippen LogP contribution is 2.26. The summed E-state index contributed by atoms with van der Waals surface area (Å²) in [6.07, 6.45) is 1.74. The number of para-hydroxylation sites is 3. The highest BCUT2D eigenvalue weighted by Gasteiger charge is 2.10. The molecule has 0 saturated heterocycles. The quantitative estimate of drug-likeness (QED) is 0.635. The Labute approximate surface area is 164 Å². The number of hydrogen-bond donors (Lipinski definition) is 1. The first-order valence-electron chi connectivity index (χ1n) is 9.05. The first-order valence-corrected chi connectivity index (χ1v) is 9.05. The number of nitrogens with one attached hydrogen (secondary N) is 1. The van der Waals surface area contributed by atoms with Crippen LogP contribution in [0.15, 0.2) is 72.9 Å². The van der Waals surface area contributed by atoms with Crippen LogP contribution in [0.5, 0.6) is 11.5 Å². The minimum atomic E-state index is -0.290. The van der Waals surface area contributed by atoms with Gasteiger partial charge in [0, 0.05) is 12.2 Å². The monoisotopic (exact) mass is 377 g/mol. The van der Waals surface area contributed by atoms with Gasteiger partial charge in [-0.25, -0.2) is 4.98 Å². The van der Waals surface area contributed by atoms with Crippen LogP contribution in [0, 0.1) is 0 Å². The normalized spacial score (nSPS) is 10.2. The molecule has 0 saturated carbocycles. The Morgan fingerprint density at radius 2 is 1.68 bits per heavy atom. The molecule has 0 radical (unpaired) electrons. The fourth-order valence-corrected chi connectivity index (χ4v) is 2.80. The van der Waals surface area contributed by atoms with Crippen LogP contribution in [-0.2, 0) is 4.79 Å². The molecule has 28 heavy (non-hydrogen) atoms.